The molecule has 42 heavy (non-hydrogen) atoms. The summed E-state index contributed by atoms with van der Waals surface area (Å²) in [6.07, 6.45) is 7.46. The van der Waals surface area contributed by atoms with E-state index in [1.807, 2.05) is 49.1 Å². The lowest BCUT2D eigenvalue weighted by Gasteiger charge is -2.27. The highest BCUT2D eigenvalue weighted by Gasteiger charge is 2.19. The fraction of sp³-hybridized carbons (Fsp3) is 0.278. The quantitative estimate of drug-likeness (QED) is 0.165. The summed E-state index contributed by atoms with van der Waals surface area (Å²) >= 11 is 0. The first-order valence-corrected chi connectivity index (χ1v) is 14.6. The molecule has 0 atom stereocenters. The zero-order valence-electron chi connectivity index (χ0n) is 24.9. The number of aromatic nitrogens is 4. The Morgan fingerprint density at radius 2 is 0.786 bits per heavy atom. The number of benzene rings is 1. The van der Waals surface area contributed by atoms with E-state index in [2.05, 4.69) is 117 Å². The first-order chi connectivity index (χ1) is 20.4. The van der Waals surface area contributed by atoms with Gasteiger partial charge >= 0.3 is 0 Å². The predicted molar refractivity (Wildman–Crippen MR) is 168 cm³/mol. The van der Waals surface area contributed by atoms with Crippen molar-refractivity contribution in [2.45, 2.75) is 65.5 Å². The van der Waals surface area contributed by atoms with Crippen LogP contribution in [-0.4, -0.2) is 29.7 Å². The van der Waals surface area contributed by atoms with E-state index in [4.69, 9.17) is 0 Å². The van der Waals surface area contributed by atoms with Crippen molar-refractivity contribution in [1.29, 1.82) is 0 Å². The van der Waals surface area contributed by atoms with Crippen molar-refractivity contribution in [1.82, 2.24) is 29.7 Å². The number of hydrogen-bond donors (Lipinski definition) is 0. The Balaban J connectivity index is 1.44. The van der Waals surface area contributed by atoms with Crippen LogP contribution >= 0.6 is 0 Å². The molecule has 0 bridgehead atoms. The molecule has 0 fully saturated rings. The van der Waals surface area contributed by atoms with E-state index >= 15 is 0 Å². The van der Waals surface area contributed by atoms with Crippen LogP contribution in [-0.2, 0) is 44.7 Å². The Morgan fingerprint density at radius 1 is 0.452 bits per heavy atom. The van der Waals surface area contributed by atoms with Crippen molar-refractivity contribution in [3.8, 4) is 0 Å². The van der Waals surface area contributed by atoms with Crippen LogP contribution in [0.15, 0.2) is 116 Å². The van der Waals surface area contributed by atoms with Crippen molar-refractivity contribution in [2.75, 3.05) is 0 Å². The van der Waals surface area contributed by atoms with E-state index in [1.165, 1.54) is 16.7 Å². The predicted octanol–water partition coefficient (Wildman–Crippen LogP) is 6.97. The van der Waals surface area contributed by atoms with Crippen molar-refractivity contribution >= 4 is 0 Å². The molecule has 6 nitrogen and oxygen atoms in total. The van der Waals surface area contributed by atoms with Gasteiger partial charge in [0.1, 0.15) is 0 Å². The topological polar surface area (TPSA) is 58.0 Å². The second-order valence-electron chi connectivity index (χ2n) is 11.9. The molecular formula is C36H40N6. The number of pyridine rings is 4. The molecule has 0 aliphatic heterocycles. The maximum atomic E-state index is 4.61. The third-order valence-corrected chi connectivity index (χ3v) is 7.18. The molecule has 0 unspecified atom stereocenters. The van der Waals surface area contributed by atoms with Crippen LogP contribution in [0.2, 0.25) is 0 Å². The van der Waals surface area contributed by atoms with Gasteiger partial charge in [0.05, 0.1) is 22.8 Å². The van der Waals surface area contributed by atoms with Crippen LogP contribution in [0.1, 0.15) is 60.2 Å². The van der Waals surface area contributed by atoms with Gasteiger partial charge in [-0.1, -0.05) is 63.2 Å². The summed E-state index contributed by atoms with van der Waals surface area (Å²) in [4.78, 5) is 23.3. The second-order valence-corrected chi connectivity index (χ2v) is 11.9. The highest BCUT2D eigenvalue weighted by molar-refractivity contribution is 5.34. The molecule has 5 rings (SSSR count). The van der Waals surface area contributed by atoms with Crippen LogP contribution in [0.4, 0.5) is 0 Å². The summed E-state index contributed by atoms with van der Waals surface area (Å²) in [6, 6.07) is 31.6. The normalized spacial score (nSPS) is 11.7. The third-order valence-electron chi connectivity index (χ3n) is 7.18. The van der Waals surface area contributed by atoms with Gasteiger partial charge < -0.3 is 0 Å². The van der Waals surface area contributed by atoms with E-state index in [9.17, 15) is 0 Å². The molecule has 0 radical (unpaired) electrons. The SMILES string of the molecule is CC(C)(C)c1cc(CN(Cc2ccccn2)Cc2ccccn2)cc(CN(Cc2ccccn2)Cc2ccccn2)c1. The average molecular weight is 557 g/mol. The van der Waals surface area contributed by atoms with E-state index in [-0.39, 0.29) is 5.41 Å². The van der Waals surface area contributed by atoms with E-state index in [0.29, 0.717) is 0 Å². The van der Waals surface area contributed by atoms with Crippen molar-refractivity contribution in [3.63, 3.8) is 0 Å². The fourth-order valence-corrected chi connectivity index (χ4v) is 5.11. The Morgan fingerprint density at radius 3 is 1.05 bits per heavy atom. The van der Waals surface area contributed by atoms with Crippen LogP contribution in [0.25, 0.3) is 0 Å². The smallest absolute Gasteiger partial charge is 0.0544 e. The van der Waals surface area contributed by atoms with E-state index in [0.717, 1.165) is 62.0 Å². The average Bonchev–Trinajstić information content (AvgIpc) is 2.99. The van der Waals surface area contributed by atoms with Gasteiger partial charge in [0, 0.05) is 64.1 Å². The van der Waals surface area contributed by atoms with Gasteiger partial charge in [-0.05, 0) is 70.6 Å². The molecule has 4 heterocycles. The maximum Gasteiger partial charge on any atom is 0.0544 e. The minimum absolute atomic E-state index is 0.0182. The second kappa shape index (κ2) is 14.1. The number of rotatable bonds is 12. The van der Waals surface area contributed by atoms with E-state index in [1.54, 1.807) is 0 Å². The molecule has 0 aliphatic rings. The van der Waals surface area contributed by atoms with Crippen LogP contribution in [0.3, 0.4) is 0 Å². The Hall–Kier alpha value is -4.26. The summed E-state index contributed by atoms with van der Waals surface area (Å²) in [5, 5.41) is 0. The first kappa shape index (κ1) is 29.2. The lowest BCUT2D eigenvalue weighted by Crippen LogP contribution is -2.25. The zero-order chi connectivity index (χ0) is 29.2. The molecule has 0 aliphatic carbocycles. The summed E-state index contributed by atoms with van der Waals surface area (Å²) in [5.74, 6) is 0. The monoisotopic (exact) mass is 556 g/mol. The highest BCUT2D eigenvalue weighted by Crippen LogP contribution is 2.27. The maximum absolute atomic E-state index is 4.61. The van der Waals surface area contributed by atoms with Gasteiger partial charge in [0.25, 0.3) is 0 Å². The van der Waals surface area contributed by atoms with Crippen molar-refractivity contribution in [2.24, 2.45) is 0 Å². The minimum Gasteiger partial charge on any atom is -0.287 e. The molecule has 0 N–H and O–H groups in total. The Kier molecular flexibility index (Phi) is 9.80. The molecular weight excluding hydrogens is 516 g/mol. The summed E-state index contributed by atoms with van der Waals surface area (Å²) < 4.78 is 0. The molecule has 0 spiro atoms. The lowest BCUT2D eigenvalue weighted by atomic mass is 9.85. The molecule has 1 aromatic carbocycles. The van der Waals surface area contributed by atoms with Gasteiger partial charge in [-0.3, -0.25) is 29.7 Å². The summed E-state index contributed by atoms with van der Waals surface area (Å²) in [5.41, 5.74) is 8.15. The van der Waals surface area contributed by atoms with E-state index < -0.39 is 0 Å². The number of hydrogen-bond acceptors (Lipinski definition) is 6. The molecule has 214 valence electrons. The number of nitrogens with zero attached hydrogens (tertiary/aromatic N) is 6. The molecule has 6 heteroatoms. The van der Waals surface area contributed by atoms with Crippen LogP contribution < -0.4 is 0 Å². The van der Waals surface area contributed by atoms with Gasteiger partial charge in [0.15, 0.2) is 0 Å². The fourth-order valence-electron chi connectivity index (χ4n) is 5.11. The summed E-state index contributed by atoms with van der Waals surface area (Å²) in [7, 11) is 0. The molecule has 4 aromatic heterocycles. The minimum atomic E-state index is 0.0182. The van der Waals surface area contributed by atoms with Gasteiger partial charge in [-0.15, -0.1) is 0 Å². The standard InChI is InChI=1S/C36H40N6/c1-36(2,3)31-21-29(23-41(25-32-12-4-8-16-37-32)26-33-13-5-9-17-38-33)20-30(22-31)24-42(27-34-14-6-10-18-39-34)28-35-15-7-11-19-40-35/h4-22H,23-28H2,1-3H3. The third kappa shape index (κ3) is 8.87. The Bertz CT molecular complexity index is 1310. The van der Waals surface area contributed by atoms with Crippen molar-refractivity contribution in [3.05, 3.63) is 155 Å². The van der Waals surface area contributed by atoms with Gasteiger partial charge in [-0.2, -0.15) is 0 Å². The molecule has 0 saturated carbocycles. The molecule has 5 aromatic rings. The largest absolute Gasteiger partial charge is 0.287 e. The van der Waals surface area contributed by atoms with Crippen molar-refractivity contribution < 1.29 is 0 Å². The van der Waals surface area contributed by atoms with Gasteiger partial charge in [-0.25, -0.2) is 0 Å². The van der Waals surface area contributed by atoms with Crippen LogP contribution in [0, 0.1) is 0 Å². The van der Waals surface area contributed by atoms with Gasteiger partial charge in [0.2, 0.25) is 0 Å². The lowest BCUT2D eigenvalue weighted by molar-refractivity contribution is 0.237. The first-order valence-electron chi connectivity index (χ1n) is 14.6. The zero-order valence-corrected chi connectivity index (χ0v) is 24.9. The van der Waals surface area contributed by atoms with Crippen LogP contribution in [0.5, 0.6) is 0 Å². The molecule has 0 saturated heterocycles. The Labute approximate surface area is 250 Å². The summed E-state index contributed by atoms with van der Waals surface area (Å²) in [6.45, 7) is 11.4. The highest BCUT2D eigenvalue weighted by atomic mass is 15.1. The molecule has 0 amide bonds.